The highest BCUT2D eigenvalue weighted by atomic mass is 16.6. The van der Waals surface area contributed by atoms with Gasteiger partial charge in [0, 0.05) is 32.7 Å². The zero-order valence-corrected chi connectivity index (χ0v) is 32.6. The van der Waals surface area contributed by atoms with Crippen LogP contribution in [0.2, 0.25) is 0 Å². The molecule has 300 valence electrons. The van der Waals surface area contributed by atoms with Crippen LogP contribution in [0, 0.1) is 0 Å². The van der Waals surface area contributed by atoms with Gasteiger partial charge in [-0.1, -0.05) is 91.0 Å². The Morgan fingerprint density at radius 1 is 0.818 bits per heavy atom. The molecule has 55 heavy (non-hydrogen) atoms. The Bertz CT molecular complexity index is 1580. The number of alkyl carbamates (subject to hydrolysis) is 1. The molecule has 2 fully saturated rings. The van der Waals surface area contributed by atoms with Crippen molar-refractivity contribution in [2.75, 3.05) is 60.1 Å². The van der Waals surface area contributed by atoms with Crippen LogP contribution in [0.5, 0.6) is 0 Å². The highest BCUT2D eigenvalue weighted by Crippen LogP contribution is 2.08. The Morgan fingerprint density at radius 2 is 1.33 bits per heavy atom. The van der Waals surface area contributed by atoms with Crippen molar-refractivity contribution in [1.29, 1.82) is 0 Å². The second-order valence-corrected chi connectivity index (χ2v) is 14.3. The number of carbonyl (C=O) groups is 4. The number of hydrogen-bond donors (Lipinski definition) is 4. The molecule has 0 aromatic heterocycles. The number of piperazine rings is 2. The van der Waals surface area contributed by atoms with Gasteiger partial charge in [-0.3, -0.25) is 9.59 Å². The summed E-state index contributed by atoms with van der Waals surface area (Å²) in [6.07, 6.45) is -0.779. The predicted molar refractivity (Wildman–Crippen MR) is 208 cm³/mol. The third-order valence-electron chi connectivity index (χ3n) is 8.06. The van der Waals surface area contributed by atoms with Crippen LogP contribution in [0.15, 0.2) is 91.0 Å². The highest BCUT2D eigenvalue weighted by molar-refractivity contribution is 5.94. The maximum Gasteiger partial charge on any atom is 0.408 e. The summed E-state index contributed by atoms with van der Waals surface area (Å²) in [5, 5.41) is 17.4. The number of aliphatic carboxylic acids is 1. The van der Waals surface area contributed by atoms with Crippen molar-refractivity contribution < 1.29 is 43.2 Å². The largest absolute Gasteiger partial charge is 0.480 e. The van der Waals surface area contributed by atoms with Crippen LogP contribution in [0.3, 0.4) is 0 Å². The van der Waals surface area contributed by atoms with Gasteiger partial charge in [0.15, 0.2) is 6.04 Å². The maximum atomic E-state index is 11.7. The number of nitrogens with one attached hydrogen (secondary N) is 3. The van der Waals surface area contributed by atoms with E-state index in [1.807, 2.05) is 78.9 Å². The van der Waals surface area contributed by atoms with Crippen LogP contribution in [0.25, 0.3) is 0 Å². The van der Waals surface area contributed by atoms with Gasteiger partial charge < -0.3 is 49.8 Å². The number of amides is 3. The summed E-state index contributed by atoms with van der Waals surface area (Å²) in [5.41, 5.74) is 2.53. The molecule has 5 rings (SSSR count). The fourth-order valence-corrected chi connectivity index (χ4v) is 5.33. The van der Waals surface area contributed by atoms with E-state index in [9.17, 15) is 19.2 Å². The number of likely N-dealkylation sites (N-methyl/N-ethyl adjacent to an activating group) is 2. The second-order valence-electron chi connectivity index (χ2n) is 14.3. The van der Waals surface area contributed by atoms with Crippen molar-refractivity contribution in [3.05, 3.63) is 108 Å². The molecule has 0 saturated carbocycles. The molecule has 2 aliphatic heterocycles. The number of carbonyl (C=O) groups excluding carboxylic acids is 3. The van der Waals surface area contributed by atoms with Gasteiger partial charge in [0.25, 0.3) is 0 Å². The topological polar surface area (TPSA) is 168 Å². The zero-order chi connectivity index (χ0) is 40.1. The van der Waals surface area contributed by atoms with Gasteiger partial charge in [0.05, 0.1) is 46.2 Å². The molecule has 0 aliphatic carbocycles. The number of ether oxygens (including phenoxy) is 4. The summed E-state index contributed by atoms with van der Waals surface area (Å²) in [4.78, 5) is 49.4. The average Bonchev–Trinajstić information content (AvgIpc) is 3.14. The maximum absolute atomic E-state index is 11.7. The van der Waals surface area contributed by atoms with Crippen LogP contribution in [-0.2, 0) is 53.2 Å². The lowest BCUT2D eigenvalue weighted by molar-refractivity contribution is -0.144. The van der Waals surface area contributed by atoms with Crippen molar-refractivity contribution >= 4 is 23.9 Å². The van der Waals surface area contributed by atoms with Crippen LogP contribution in [0.4, 0.5) is 4.79 Å². The van der Waals surface area contributed by atoms with Gasteiger partial charge in [0.2, 0.25) is 11.8 Å². The first-order chi connectivity index (χ1) is 26.3. The smallest absolute Gasteiger partial charge is 0.408 e. The minimum Gasteiger partial charge on any atom is -0.480 e. The molecule has 0 bridgehead atoms. The Labute approximate surface area is 324 Å². The predicted octanol–water partition coefficient (Wildman–Crippen LogP) is 3.45. The molecule has 14 heteroatoms. The van der Waals surface area contributed by atoms with E-state index in [1.165, 1.54) is 10.5 Å². The van der Waals surface area contributed by atoms with Crippen molar-refractivity contribution in [1.82, 2.24) is 25.8 Å². The third kappa shape index (κ3) is 18.8. The lowest BCUT2D eigenvalue weighted by Crippen LogP contribution is -2.58. The van der Waals surface area contributed by atoms with Crippen molar-refractivity contribution in [3.8, 4) is 0 Å². The molecule has 2 heterocycles. The Hall–Kier alpha value is -4.86. The molecule has 2 aliphatic rings. The molecular weight excluding hydrogens is 706 g/mol. The molecular formula is C41H57N5O9. The Balaban J connectivity index is 0.000000223. The van der Waals surface area contributed by atoms with Crippen LogP contribution < -0.4 is 16.0 Å². The van der Waals surface area contributed by atoms with Crippen molar-refractivity contribution in [3.63, 3.8) is 0 Å². The van der Waals surface area contributed by atoms with E-state index >= 15 is 0 Å². The van der Waals surface area contributed by atoms with E-state index in [1.54, 1.807) is 27.8 Å². The monoisotopic (exact) mass is 763 g/mol. The molecule has 3 amide bonds. The van der Waals surface area contributed by atoms with E-state index in [4.69, 9.17) is 24.1 Å². The average molecular weight is 764 g/mol. The number of nitrogens with zero attached hydrogens (tertiary/aromatic N) is 2. The molecule has 3 aromatic rings. The Morgan fingerprint density at radius 3 is 1.82 bits per heavy atom. The molecule has 3 atom stereocenters. The van der Waals surface area contributed by atoms with E-state index in [-0.39, 0.29) is 38.2 Å². The van der Waals surface area contributed by atoms with Crippen LogP contribution >= 0.6 is 0 Å². The highest BCUT2D eigenvalue weighted by Gasteiger charge is 2.30. The standard InChI is InChI=1S/C15H21NO5.C13H16N2O3.C13H20N2O/c1-15(2,3)21-14(19)16-12(13(17)18)10-20-9-11-7-5-4-6-8-11;1-15-7-12(16)14-11(13(15)17)9-18-8-10-5-3-2-4-6-10;1-15-8-7-14-13(9-15)11-16-10-12-5-3-2-4-6-12/h4-8,12H,9-10H2,1-3H3,(H,16,19)(H,17,18);2-6,11H,7-9H2,1H3,(H,14,16);2-6,13-14H,7-11H2,1H3/t12-;11-;13-/m110/s1. The van der Waals surface area contributed by atoms with Gasteiger partial charge in [-0.25, -0.2) is 9.59 Å². The SMILES string of the molecule is CC(C)(C)OC(=O)N[C@H](COCc1ccccc1)C(=O)O.CN1CC(=O)N[C@H](COCc2ccccc2)C1=O.CN1CCN[C@H](COCc2ccccc2)C1. The van der Waals surface area contributed by atoms with E-state index in [0.29, 0.717) is 19.3 Å². The molecule has 14 nitrogen and oxygen atoms in total. The number of carboxylic acids is 1. The summed E-state index contributed by atoms with van der Waals surface area (Å²) in [7, 11) is 3.77. The van der Waals surface area contributed by atoms with Gasteiger partial charge in [0.1, 0.15) is 11.6 Å². The van der Waals surface area contributed by atoms with Crippen molar-refractivity contribution in [2.45, 2.75) is 64.3 Å². The molecule has 0 unspecified atom stereocenters. The quantitative estimate of drug-likeness (QED) is 0.190. The second kappa shape index (κ2) is 23.8. The molecule has 4 N–H and O–H groups in total. The number of rotatable bonds is 14. The molecule has 0 radical (unpaired) electrons. The van der Waals surface area contributed by atoms with Crippen LogP contribution in [0.1, 0.15) is 37.5 Å². The van der Waals surface area contributed by atoms with Gasteiger partial charge in [-0.15, -0.1) is 0 Å². The first kappa shape index (κ1) is 44.5. The minimum atomic E-state index is -1.17. The fraction of sp³-hybridized carbons (Fsp3) is 0.463. The zero-order valence-electron chi connectivity index (χ0n) is 32.6. The molecule has 0 spiro atoms. The minimum absolute atomic E-state index is 0.109. The van der Waals surface area contributed by atoms with Gasteiger partial charge in [-0.05, 0) is 44.5 Å². The summed E-state index contributed by atoms with van der Waals surface area (Å²) >= 11 is 0. The summed E-state index contributed by atoms with van der Waals surface area (Å²) in [6, 6.07) is 28.1. The van der Waals surface area contributed by atoms with Crippen molar-refractivity contribution in [2.24, 2.45) is 0 Å². The normalized spacial score (nSPS) is 17.7. The summed E-state index contributed by atoms with van der Waals surface area (Å²) in [6.45, 7) is 10.8. The first-order valence-corrected chi connectivity index (χ1v) is 18.3. The van der Waals surface area contributed by atoms with Gasteiger partial charge >= 0.3 is 12.1 Å². The third-order valence-corrected chi connectivity index (χ3v) is 8.06. The molecule has 2 saturated heterocycles. The number of hydrogen-bond acceptors (Lipinski definition) is 10. The molecule has 3 aromatic carbocycles. The van der Waals surface area contributed by atoms with E-state index in [0.717, 1.165) is 37.4 Å². The summed E-state index contributed by atoms with van der Waals surface area (Å²) in [5.74, 6) is -1.43. The van der Waals surface area contributed by atoms with E-state index in [2.05, 4.69) is 40.0 Å². The fourth-order valence-electron chi connectivity index (χ4n) is 5.33. The lowest BCUT2D eigenvalue weighted by Gasteiger charge is -2.30. The number of benzene rings is 3. The van der Waals surface area contributed by atoms with Gasteiger partial charge in [-0.2, -0.15) is 0 Å². The van der Waals surface area contributed by atoms with Crippen LogP contribution in [-0.4, -0.2) is 123 Å². The lowest BCUT2D eigenvalue weighted by atomic mass is 10.2. The Kier molecular flexibility index (Phi) is 19.3. The first-order valence-electron chi connectivity index (χ1n) is 18.3. The number of carboxylic acid groups (broad SMARTS) is 1. The summed E-state index contributed by atoms with van der Waals surface area (Å²) < 4.78 is 21.5. The van der Waals surface area contributed by atoms with E-state index < -0.39 is 29.7 Å².